The number of pyridine rings is 1. The number of aryl methyl sites for hydroxylation is 1. The summed E-state index contributed by atoms with van der Waals surface area (Å²) in [7, 11) is 0. The number of nitrogens with two attached hydrogens (primary N) is 1. The fourth-order valence-electron chi connectivity index (χ4n) is 2.00. The lowest BCUT2D eigenvalue weighted by atomic mass is 10.1. The van der Waals surface area contributed by atoms with Crippen LogP contribution < -0.4 is 5.73 Å². The molecule has 4 nitrogen and oxygen atoms in total. The summed E-state index contributed by atoms with van der Waals surface area (Å²) < 4.78 is 2.96. The van der Waals surface area contributed by atoms with E-state index in [-0.39, 0.29) is 6.04 Å². The average molecular weight is 309 g/mol. The molecule has 0 fully saturated rings. The Morgan fingerprint density at radius 3 is 2.94 bits per heavy atom. The zero-order valence-electron chi connectivity index (χ0n) is 10.4. The minimum absolute atomic E-state index is 0.0716. The van der Waals surface area contributed by atoms with Crippen molar-refractivity contribution in [2.24, 2.45) is 5.73 Å². The number of hydrogen-bond donors (Lipinski definition) is 1. The zero-order chi connectivity index (χ0) is 13.0. The van der Waals surface area contributed by atoms with Gasteiger partial charge in [0.1, 0.15) is 0 Å². The van der Waals surface area contributed by atoms with E-state index in [4.69, 9.17) is 5.73 Å². The lowest BCUT2D eigenvalue weighted by Gasteiger charge is -2.14. The maximum atomic E-state index is 6.28. The third-order valence-corrected chi connectivity index (χ3v) is 3.41. The van der Waals surface area contributed by atoms with Crippen molar-refractivity contribution >= 4 is 15.9 Å². The Bertz CT molecular complexity index is 495. The molecule has 0 aliphatic carbocycles. The maximum absolute atomic E-state index is 6.28. The molecular weight excluding hydrogens is 292 g/mol. The van der Waals surface area contributed by atoms with E-state index in [0.29, 0.717) is 0 Å². The van der Waals surface area contributed by atoms with Gasteiger partial charge >= 0.3 is 0 Å². The van der Waals surface area contributed by atoms with Crippen LogP contribution in [0.4, 0.5) is 0 Å². The van der Waals surface area contributed by atoms with Crippen molar-refractivity contribution in [2.75, 3.05) is 0 Å². The SMILES string of the molecule is CCCn1ncc(Br)c1C(N)Cc1cccnc1. The summed E-state index contributed by atoms with van der Waals surface area (Å²) in [5.74, 6) is 0. The van der Waals surface area contributed by atoms with Crippen molar-refractivity contribution in [3.63, 3.8) is 0 Å². The van der Waals surface area contributed by atoms with Gasteiger partial charge in [-0.3, -0.25) is 9.67 Å². The van der Waals surface area contributed by atoms with Gasteiger partial charge in [0.05, 0.1) is 22.4 Å². The highest BCUT2D eigenvalue weighted by Crippen LogP contribution is 2.24. The highest BCUT2D eigenvalue weighted by atomic mass is 79.9. The summed E-state index contributed by atoms with van der Waals surface area (Å²) in [5.41, 5.74) is 8.48. The molecule has 1 atom stereocenters. The van der Waals surface area contributed by atoms with Gasteiger partial charge in [-0.15, -0.1) is 0 Å². The van der Waals surface area contributed by atoms with Gasteiger partial charge in [-0.1, -0.05) is 13.0 Å². The van der Waals surface area contributed by atoms with Gasteiger partial charge < -0.3 is 5.73 Å². The highest BCUT2D eigenvalue weighted by molar-refractivity contribution is 9.10. The number of hydrogen-bond acceptors (Lipinski definition) is 3. The first kappa shape index (κ1) is 13.2. The molecule has 0 saturated heterocycles. The highest BCUT2D eigenvalue weighted by Gasteiger charge is 2.16. The molecular formula is C13H17BrN4. The minimum atomic E-state index is -0.0716. The Morgan fingerprint density at radius 2 is 2.28 bits per heavy atom. The first-order chi connectivity index (χ1) is 8.72. The van der Waals surface area contributed by atoms with Crippen LogP contribution >= 0.6 is 15.9 Å². The Morgan fingerprint density at radius 1 is 1.44 bits per heavy atom. The van der Waals surface area contributed by atoms with Crippen molar-refractivity contribution in [3.05, 3.63) is 46.5 Å². The molecule has 2 heterocycles. The zero-order valence-corrected chi connectivity index (χ0v) is 12.0. The van der Waals surface area contributed by atoms with Crippen LogP contribution in [-0.2, 0) is 13.0 Å². The van der Waals surface area contributed by atoms with Crippen LogP contribution in [0.15, 0.2) is 35.2 Å². The number of nitrogens with zero attached hydrogens (tertiary/aromatic N) is 3. The van der Waals surface area contributed by atoms with E-state index in [1.54, 1.807) is 6.20 Å². The second kappa shape index (κ2) is 6.11. The molecule has 96 valence electrons. The summed E-state index contributed by atoms with van der Waals surface area (Å²) in [6.07, 6.45) is 7.25. The fraction of sp³-hybridized carbons (Fsp3) is 0.385. The number of aromatic nitrogens is 3. The summed E-state index contributed by atoms with van der Waals surface area (Å²) >= 11 is 3.52. The van der Waals surface area contributed by atoms with Crippen LogP contribution in [0.25, 0.3) is 0 Å². The lowest BCUT2D eigenvalue weighted by molar-refractivity contribution is 0.536. The quantitative estimate of drug-likeness (QED) is 0.924. The Hall–Kier alpha value is -1.20. The predicted octanol–water partition coefficient (Wildman–Crippen LogP) is 2.69. The maximum Gasteiger partial charge on any atom is 0.0696 e. The van der Waals surface area contributed by atoms with Crippen LogP contribution in [0.1, 0.15) is 30.6 Å². The molecule has 1 unspecified atom stereocenters. The van der Waals surface area contributed by atoms with Crippen molar-refractivity contribution in [3.8, 4) is 0 Å². The topological polar surface area (TPSA) is 56.7 Å². The first-order valence-electron chi connectivity index (χ1n) is 6.08. The van der Waals surface area contributed by atoms with Crippen LogP contribution in [0.2, 0.25) is 0 Å². The average Bonchev–Trinajstić information content (AvgIpc) is 2.72. The summed E-state index contributed by atoms with van der Waals surface area (Å²) in [6.45, 7) is 3.02. The summed E-state index contributed by atoms with van der Waals surface area (Å²) in [6, 6.07) is 3.90. The van der Waals surface area contributed by atoms with E-state index < -0.39 is 0 Å². The largest absolute Gasteiger partial charge is 0.322 e. The van der Waals surface area contributed by atoms with Gasteiger partial charge in [-0.05, 0) is 40.4 Å². The second-order valence-electron chi connectivity index (χ2n) is 4.27. The van der Waals surface area contributed by atoms with Crippen molar-refractivity contribution < 1.29 is 0 Å². The van der Waals surface area contributed by atoms with E-state index in [2.05, 4.69) is 32.9 Å². The predicted molar refractivity (Wildman–Crippen MR) is 75.1 cm³/mol. The van der Waals surface area contributed by atoms with Gasteiger partial charge in [-0.2, -0.15) is 5.10 Å². The lowest BCUT2D eigenvalue weighted by Crippen LogP contribution is -2.19. The third-order valence-electron chi connectivity index (χ3n) is 2.80. The second-order valence-corrected chi connectivity index (χ2v) is 5.13. The Labute approximate surface area is 115 Å². The van der Waals surface area contributed by atoms with Gasteiger partial charge in [0.2, 0.25) is 0 Å². The molecule has 18 heavy (non-hydrogen) atoms. The molecule has 2 N–H and O–H groups in total. The van der Waals surface area contributed by atoms with E-state index >= 15 is 0 Å². The molecule has 0 aromatic carbocycles. The third kappa shape index (κ3) is 2.97. The molecule has 0 aliphatic rings. The molecule has 0 amide bonds. The molecule has 2 aromatic rings. The summed E-state index contributed by atoms with van der Waals surface area (Å²) in [5, 5.41) is 4.34. The minimum Gasteiger partial charge on any atom is -0.322 e. The van der Waals surface area contributed by atoms with Crippen molar-refractivity contribution in [1.82, 2.24) is 14.8 Å². The van der Waals surface area contributed by atoms with Crippen molar-refractivity contribution in [2.45, 2.75) is 32.4 Å². The smallest absolute Gasteiger partial charge is 0.0696 e. The van der Waals surface area contributed by atoms with Crippen LogP contribution in [0.3, 0.4) is 0 Å². The standard InChI is InChI=1S/C13H17BrN4/c1-2-6-18-13(11(14)9-17-18)12(15)7-10-4-3-5-16-8-10/h3-5,8-9,12H,2,6-7,15H2,1H3. The summed E-state index contributed by atoms with van der Waals surface area (Å²) in [4.78, 5) is 4.11. The van der Waals surface area contributed by atoms with Crippen molar-refractivity contribution in [1.29, 1.82) is 0 Å². The normalized spacial score (nSPS) is 12.6. The van der Waals surface area contributed by atoms with Crippen LogP contribution in [-0.4, -0.2) is 14.8 Å². The monoisotopic (exact) mass is 308 g/mol. The Kier molecular flexibility index (Phi) is 4.49. The van der Waals surface area contributed by atoms with Gasteiger partial charge in [-0.25, -0.2) is 0 Å². The number of rotatable bonds is 5. The van der Waals surface area contributed by atoms with Gasteiger partial charge in [0, 0.05) is 18.9 Å². The van der Waals surface area contributed by atoms with Gasteiger partial charge in [0.25, 0.3) is 0 Å². The number of halogens is 1. The molecule has 0 saturated carbocycles. The Balaban J connectivity index is 2.18. The van der Waals surface area contributed by atoms with Crippen LogP contribution in [0.5, 0.6) is 0 Å². The fourth-order valence-corrected chi connectivity index (χ4v) is 2.59. The van der Waals surface area contributed by atoms with Gasteiger partial charge in [0.15, 0.2) is 0 Å². The van der Waals surface area contributed by atoms with E-state index in [0.717, 1.165) is 35.1 Å². The van der Waals surface area contributed by atoms with Crippen LogP contribution in [0, 0.1) is 0 Å². The van der Waals surface area contributed by atoms with E-state index in [1.165, 1.54) is 0 Å². The molecule has 0 spiro atoms. The molecule has 0 bridgehead atoms. The first-order valence-corrected chi connectivity index (χ1v) is 6.87. The molecule has 0 radical (unpaired) electrons. The molecule has 0 aliphatic heterocycles. The molecule has 2 rings (SSSR count). The van der Waals surface area contributed by atoms with E-state index in [9.17, 15) is 0 Å². The molecule has 2 aromatic heterocycles. The van der Waals surface area contributed by atoms with E-state index in [1.807, 2.05) is 29.2 Å². The molecule has 5 heteroatoms.